The fourth-order valence-electron chi connectivity index (χ4n) is 1.88. The quantitative estimate of drug-likeness (QED) is 0.781. The second-order valence-electron chi connectivity index (χ2n) is 4.85. The summed E-state index contributed by atoms with van der Waals surface area (Å²) < 4.78 is 11.3. The van der Waals surface area contributed by atoms with E-state index in [0.717, 1.165) is 17.7 Å². The number of hydrogen-bond donors (Lipinski definition) is 1. The zero-order chi connectivity index (χ0) is 14.3. The largest absolute Gasteiger partial charge is 0.350 e. The van der Waals surface area contributed by atoms with Crippen LogP contribution in [0.2, 0.25) is 0 Å². The predicted octanol–water partition coefficient (Wildman–Crippen LogP) is 3.12. The summed E-state index contributed by atoms with van der Waals surface area (Å²) in [5.74, 6) is -0.0579. The second kappa shape index (κ2) is 8.10. The van der Waals surface area contributed by atoms with Crippen LogP contribution in [0.1, 0.15) is 49.9 Å². The monoisotopic (exact) mass is 281 g/mol. The first kappa shape index (κ1) is 15.9. The highest BCUT2D eigenvalue weighted by Gasteiger charge is 2.09. The van der Waals surface area contributed by atoms with Gasteiger partial charge in [0.15, 0.2) is 0 Å². The molecule has 1 rings (SSSR count). The van der Waals surface area contributed by atoms with E-state index >= 15 is 0 Å². The van der Waals surface area contributed by atoms with Crippen LogP contribution in [-0.2, 0) is 10.8 Å². The van der Waals surface area contributed by atoms with E-state index in [4.69, 9.17) is 0 Å². The number of carbonyl (C=O) groups excluding carboxylic acids is 1. The maximum Gasteiger partial charge on any atom is 0.251 e. The lowest BCUT2D eigenvalue weighted by Gasteiger charge is -2.13. The first-order valence-electron chi connectivity index (χ1n) is 6.79. The molecule has 0 bridgehead atoms. The van der Waals surface area contributed by atoms with Crippen LogP contribution in [0.4, 0.5) is 0 Å². The summed E-state index contributed by atoms with van der Waals surface area (Å²) in [5.41, 5.74) is 0.622. The smallest absolute Gasteiger partial charge is 0.251 e. The summed E-state index contributed by atoms with van der Waals surface area (Å²) in [5, 5.41) is 2.99. The van der Waals surface area contributed by atoms with E-state index in [1.807, 2.05) is 6.92 Å². The summed E-state index contributed by atoms with van der Waals surface area (Å²) in [4.78, 5) is 12.7. The third-order valence-electron chi connectivity index (χ3n) is 3.07. The zero-order valence-electron chi connectivity index (χ0n) is 11.9. The van der Waals surface area contributed by atoms with Crippen molar-refractivity contribution in [2.24, 2.45) is 0 Å². The normalized spacial score (nSPS) is 13.8. The Morgan fingerprint density at radius 3 is 2.42 bits per heavy atom. The van der Waals surface area contributed by atoms with Crippen LogP contribution in [0, 0.1) is 0 Å². The highest BCUT2D eigenvalue weighted by Crippen LogP contribution is 2.09. The Labute approximate surface area is 118 Å². The molecular weight excluding hydrogens is 258 g/mol. The van der Waals surface area contributed by atoms with Gasteiger partial charge in [-0.15, -0.1) is 0 Å². The number of nitrogens with one attached hydrogen (secondary N) is 1. The molecule has 0 saturated heterocycles. The first-order valence-corrected chi connectivity index (χ1v) is 8.34. The van der Waals surface area contributed by atoms with E-state index in [0.29, 0.717) is 5.56 Å². The zero-order valence-corrected chi connectivity index (χ0v) is 12.8. The first-order chi connectivity index (χ1) is 9.04. The molecule has 2 atom stereocenters. The molecule has 1 aromatic rings. The van der Waals surface area contributed by atoms with Gasteiger partial charge in [-0.2, -0.15) is 0 Å². The van der Waals surface area contributed by atoms with Gasteiger partial charge >= 0.3 is 0 Å². The van der Waals surface area contributed by atoms with Gasteiger partial charge in [0.1, 0.15) is 0 Å². The summed E-state index contributed by atoms with van der Waals surface area (Å²) in [6.07, 6.45) is 6.18. The molecule has 19 heavy (non-hydrogen) atoms. The fourth-order valence-corrected chi connectivity index (χ4v) is 2.40. The second-order valence-corrected chi connectivity index (χ2v) is 6.23. The Bertz CT molecular complexity index is 428. The van der Waals surface area contributed by atoms with Crippen LogP contribution < -0.4 is 5.32 Å². The van der Waals surface area contributed by atoms with Crippen molar-refractivity contribution in [1.29, 1.82) is 0 Å². The Balaban J connectivity index is 2.51. The average molecular weight is 281 g/mol. The van der Waals surface area contributed by atoms with Gasteiger partial charge in [0.05, 0.1) is 0 Å². The minimum Gasteiger partial charge on any atom is -0.350 e. The van der Waals surface area contributed by atoms with Crippen molar-refractivity contribution in [3.8, 4) is 0 Å². The SMILES string of the molecule is CCCCCC(C)NC(=O)c1ccc(S(C)=O)cc1. The van der Waals surface area contributed by atoms with Crippen molar-refractivity contribution in [2.75, 3.05) is 6.26 Å². The predicted molar refractivity (Wildman–Crippen MR) is 79.8 cm³/mol. The number of carbonyl (C=O) groups is 1. The minimum absolute atomic E-state index is 0.0579. The highest BCUT2D eigenvalue weighted by atomic mass is 32.2. The number of benzene rings is 1. The van der Waals surface area contributed by atoms with Gasteiger partial charge in [0, 0.05) is 33.6 Å². The van der Waals surface area contributed by atoms with Gasteiger partial charge in [-0.25, -0.2) is 0 Å². The van der Waals surface area contributed by atoms with E-state index < -0.39 is 10.8 Å². The van der Waals surface area contributed by atoms with Crippen molar-refractivity contribution in [1.82, 2.24) is 5.32 Å². The molecule has 0 spiro atoms. The molecule has 4 heteroatoms. The molecule has 0 heterocycles. The molecule has 0 aliphatic rings. The van der Waals surface area contributed by atoms with Gasteiger partial charge in [-0.3, -0.25) is 9.00 Å². The van der Waals surface area contributed by atoms with Crippen molar-refractivity contribution < 1.29 is 9.00 Å². The Morgan fingerprint density at radius 1 is 1.26 bits per heavy atom. The Hall–Kier alpha value is -1.16. The molecule has 1 aromatic carbocycles. The summed E-state index contributed by atoms with van der Waals surface area (Å²) in [6.45, 7) is 4.20. The van der Waals surface area contributed by atoms with E-state index in [2.05, 4.69) is 12.2 Å². The van der Waals surface area contributed by atoms with Crippen LogP contribution >= 0.6 is 0 Å². The third-order valence-corrected chi connectivity index (χ3v) is 4.00. The van der Waals surface area contributed by atoms with Crippen LogP contribution in [0.25, 0.3) is 0 Å². The lowest BCUT2D eigenvalue weighted by Crippen LogP contribution is -2.32. The topological polar surface area (TPSA) is 46.2 Å². The maximum absolute atomic E-state index is 12.0. The van der Waals surface area contributed by atoms with Crippen LogP contribution in [0.5, 0.6) is 0 Å². The molecule has 0 aliphatic carbocycles. The van der Waals surface area contributed by atoms with Crippen molar-refractivity contribution in [2.45, 2.75) is 50.5 Å². The van der Waals surface area contributed by atoms with Crippen LogP contribution in [-0.4, -0.2) is 22.4 Å². The number of amides is 1. The molecule has 1 amide bonds. The van der Waals surface area contributed by atoms with Crippen LogP contribution in [0.15, 0.2) is 29.2 Å². The van der Waals surface area contributed by atoms with Gasteiger partial charge in [-0.05, 0) is 37.6 Å². The molecule has 0 saturated carbocycles. The highest BCUT2D eigenvalue weighted by molar-refractivity contribution is 7.84. The Morgan fingerprint density at radius 2 is 1.89 bits per heavy atom. The van der Waals surface area contributed by atoms with E-state index in [1.165, 1.54) is 12.8 Å². The molecular formula is C15H23NO2S. The maximum atomic E-state index is 12.0. The van der Waals surface area contributed by atoms with Gasteiger partial charge in [-0.1, -0.05) is 26.2 Å². The standard InChI is InChI=1S/C15H23NO2S/c1-4-5-6-7-12(2)16-15(17)13-8-10-14(11-9-13)19(3)18/h8-12H,4-7H2,1-3H3,(H,16,17). The van der Waals surface area contributed by atoms with Gasteiger partial charge in [0.25, 0.3) is 5.91 Å². The molecule has 0 fully saturated rings. The number of unbranched alkanes of at least 4 members (excludes halogenated alkanes) is 2. The average Bonchev–Trinajstić information content (AvgIpc) is 2.39. The van der Waals surface area contributed by atoms with E-state index in [-0.39, 0.29) is 11.9 Å². The molecule has 0 aliphatic heterocycles. The molecule has 106 valence electrons. The van der Waals surface area contributed by atoms with E-state index in [9.17, 15) is 9.00 Å². The number of hydrogen-bond acceptors (Lipinski definition) is 2. The lowest BCUT2D eigenvalue weighted by atomic mass is 10.1. The fraction of sp³-hybridized carbons (Fsp3) is 0.533. The van der Waals surface area contributed by atoms with Gasteiger partial charge in [0.2, 0.25) is 0 Å². The molecule has 0 aromatic heterocycles. The summed E-state index contributed by atoms with van der Waals surface area (Å²) >= 11 is 0. The number of rotatable bonds is 7. The molecule has 2 unspecified atom stereocenters. The van der Waals surface area contributed by atoms with Gasteiger partial charge < -0.3 is 5.32 Å². The molecule has 1 N–H and O–H groups in total. The summed E-state index contributed by atoms with van der Waals surface area (Å²) in [6, 6.07) is 7.13. The van der Waals surface area contributed by atoms with Crippen molar-refractivity contribution >= 4 is 16.7 Å². The minimum atomic E-state index is -0.998. The van der Waals surface area contributed by atoms with E-state index in [1.54, 1.807) is 30.5 Å². The Kier molecular flexibility index (Phi) is 6.78. The molecule has 3 nitrogen and oxygen atoms in total. The van der Waals surface area contributed by atoms with Crippen molar-refractivity contribution in [3.63, 3.8) is 0 Å². The lowest BCUT2D eigenvalue weighted by molar-refractivity contribution is 0.0938. The van der Waals surface area contributed by atoms with Crippen molar-refractivity contribution in [3.05, 3.63) is 29.8 Å². The third kappa shape index (κ3) is 5.55. The summed E-state index contributed by atoms with van der Waals surface area (Å²) in [7, 11) is -0.998. The molecule has 0 radical (unpaired) electrons. The van der Waals surface area contributed by atoms with Crippen LogP contribution in [0.3, 0.4) is 0 Å².